The number of thiazole rings is 1. The summed E-state index contributed by atoms with van der Waals surface area (Å²) in [6.07, 6.45) is 3.60. The summed E-state index contributed by atoms with van der Waals surface area (Å²) in [4.78, 5) is 30.5. The number of benzene rings is 1. The number of amides is 2. The molecule has 0 radical (unpaired) electrons. The minimum Gasteiger partial charge on any atom is -0.493 e. The van der Waals surface area contributed by atoms with Crippen molar-refractivity contribution in [2.24, 2.45) is 5.92 Å². The average Bonchev–Trinajstić information content (AvgIpc) is 3.15. The molecule has 0 spiro atoms. The topological polar surface area (TPSA) is 71.5 Å². The van der Waals surface area contributed by atoms with Gasteiger partial charge < -0.3 is 15.0 Å². The summed E-state index contributed by atoms with van der Waals surface area (Å²) in [6.45, 7) is 1.50. The Balaban J connectivity index is 1.45. The summed E-state index contributed by atoms with van der Waals surface area (Å²) >= 11 is 1.39. The molecule has 1 N–H and O–H groups in total. The Morgan fingerprint density at radius 2 is 2.16 bits per heavy atom. The summed E-state index contributed by atoms with van der Waals surface area (Å²) < 4.78 is 5.58. The molecule has 0 saturated carbocycles. The lowest BCUT2D eigenvalue weighted by Gasteiger charge is -2.32. The van der Waals surface area contributed by atoms with Gasteiger partial charge in [0.25, 0.3) is 0 Å². The number of anilines is 1. The van der Waals surface area contributed by atoms with Crippen LogP contribution in [-0.2, 0) is 9.59 Å². The second-order valence-corrected chi connectivity index (χ2v) is 6.81. The first-order valence-corrected chi connectivity index (χ1v) is 9.26. The molecule has 0 aliphatic carbocycles. The number of hydrogen-bond acceptors (Lipinski definition) is 5. The predicted octanol–water partition coefficient (Wildman–Crippen LogP) is 2.79. The van der Waals surface area contributed by atoms with Crippen molar-refractivity contribution in [1.29, 1.82) is 0 Å². The quantitative estimate of drug-likeness (QED) is 0.861. The van der Waals surface area contributed by atoms with Gasteiger partial charge in [-0.05, 0) is 25.0 Å². The van der Waals surface area contributed by atoms with E-state index in [1.807, 2.05) is 35.7 Å². The maximum Gasteiger partial charge on any atom is 0.231 e. The van der Waals surface area contributed by atoms with E-state index in [0.717, 1.165) is 18.6 Å². The zero-order chi connectivity index (χ0) is 17.5. The van der Waals surface area contributed by atoms with E-state index in [1.54, 1.807) is 11.1 Å². The maximum atomic E-state index is 12.4. The van der Waals surface area contributed by atoms with Crippen LogP contribution in [0.15, 0.2) is 41.9 Å². The molecule has 0 bridgehead atoms. The van der Waals surface area contributed by atoms with Crippen LogP contribution < -0.4 is 10.1 Å². The molecule has 1 unspecified atom stereocenters. The number of ether oxygens (including phenoxy) is 1. The SMILES string of the molecule is O=C(Nc1nccs1)C1CCCN(C(=O)CCOc2ccccc2)C1. The molecule has 1 saturated heterocycles. The largest absolute Gasteiger partial charge is 0.493 e. The third-order valence-electron chi connectivity index (χ3n) is 4.14. The normalized spacial score (nSPS) is 17.1. The molecular formula is C18H21N3O3S. The zero-order valence-corrected chi connectivity index (χ0v) is 14.7. The van der Waals surface area contributed by atoms with Gasteiger partial charge in [-0.25, -0.2) is 4.98 Å². The fourth-order valence-electron chi connectivity index (χ4n) is 2.84. The lowest BCUT2D eigenvalue weighted by Crippen LogP contribution is -2.44. The summed E-state index contributed by atoms with van der Waals surface area (Å²) in [6, 6.07) is 9.44. The minimum absolute atomic E-state index is 0.0303. The average molecular weight is 359 g/mol. The van der Waals surface area contributed by atoms with E-state index >= 15 is 0 Å². The van der Waals surface area contributed by atoms with E-state index in [9.17, 15) is 9.59 Å². The molecule has 132 valence electrons. The van der Waals surface area contributed by atoms with Gasteiger partial charge in [0.15, 0.2) is 5.13 Å². The van der Waals surface area contributed by atoms with E-state index in [4.69, 9.17) is 4.74 Å². The van der Waals surface area contributed by atoms with Gasteiger partial charge in [-0.2, -0.15) is 0 Å². The Kier molecular flexibility index (Phi) is 6.00. The number of hydrogen-bond donors (Lipinski definition) is 1. The van der Waals surface area contributed by atoms with Crippen LogP contribution in [0, 0.1) is 5.92 Å². The van der Waals surface area contributed by atoms with E-state index < -0.39 is 0 Å². The summed E-state index contributed by atoms with van der Waals surface area (Å²) in [7, 11) is 0. The highest BCUT2D eigenvalue weighted by Crippen LogP contribution is 2.20. The van der Waals surface area contributed by atoms with Crippen molar-refractivity contribution in [2.45, 2.75) is 19.3 Å². The summed E-state index contributed by atoms with van der Waals surface area (Å²) in [5, 5.41) is 5.24. The molecule has 6 nitrogen and oxygen atoms in total. The standard InChI is InChI=1S/C18H21N3O3S/c22-16(8-11-24-15-6-2-1-3-7-15)21-10-4-5-14(13-21)17(23)20-18-19-9-12-25-18/h1-3,6-7,9,12,14H,4-5,8,10-11,13H2,(H,19,20,23). The van der Waals surface area contributed by atoms with Crippen molar-refractivity contribution in [3.05, 3.63) is 41.9 Å². The van der Waals surface area contributed by atoms with Crippen LogP contribution in [0.1, 0.15) is 19.3 Å². The second-order valence-electron chi connectivity index (χ2n) is 5.92. The first kappa shape index (κ1) is 17.4. The van der Waals surface area contributed by atoms with Crippen LogP contribution in [0.25, 0.3) is 0 Å². The number of nitrogens with zero attached hydrogens (tertiary/aromatic N) is 2. The molecule has 3 rings (SSSR count). The van der Waals surface area contributed by atoms with Gasteiger partial charge in [0.05, 0.1) is 18.9 Å². The molecule has 2 heterocycles. The number of carbonyl (C=O) groups excluding carboxylic acids is 2. The van der Waals surface area contributed by atoms with Crippen molar-refractivity contribution < 1.29 is 14.3 Å². The first-order chi connectivity index (χ1) is 12.2. The van der Waals surface area contributed by atoms with Crippen molar-refractivity contribution >= 4 is 28.3 Å². The Morgan fingerprint density at radius 1 is 1.32 bits per heavy atom. The van der Waals surface area contributed by atoms with Crippen LogP contribution in [-0.4, -0.2) is 41.4 Å². The predicted molar refractivity (Wildman–Crippen MR) is 96.6 cm³/mol. The molecule has 1 aromatic carbocycles. The van der Waals surface area contributed by atoms with Gasteiger partial charge in [0.2, 0.25) is 11.8 Å². The Labute approximate surface area is 150 Å². The fraction of sp³-hybridized carbons (Fsp3) is 0.389. The molecule has 7 heteroatoms. The lowest BCUT2D eigenvalue weighted by atomic mass is 9.97. The van der Waals surface area contributed by atoms with Crippen LogP contribution in [0.4, 0.5) is 5.13 Å². The van der Waals surface area contributed by atoms with Crippen LogP contribution in [0.2, 0.25) is 0 Å². The Bertz CT molecular complexity index is 691. The lowest BCUT2D eigenvalue weighted by molar-refractivity contribution is -0.135. The highest BCUT2D eigenvalue weighted by Gasteiger charge is 2.28. The van der Waals surface area contributed by atoms with Crippen molar-refractivity contribution in [3.8, 4) is 5.75 Å². The maximum absolute atomic E-state index is 12.4. The number of nitrogens with one attached hydrogen (secondary N) is 1. The van der Waals surface area contributed by atoms with Crippen LogP contribution in [0.5, 0.6) is 5.75 Å². The van der Waals surface area contributed by atoms with E-state index in [0.29, 0.717) is 31.2 Å². The first-order valence-electron chi connectivity index (χ1n) is 8.38. The monoisotopic (exact) mass is 359 g/mol. The molecular weight excluding hydrogens is 338 g/mol. The number of likely N-dealkylation sites (tertiary alicyclic amines) is 1. The highest BCUT2D eigenvalue weighted by molar-refractivity contribution is 7.13. The van der Waals surface area contributed by atoms with Gasteiger partial charge in [-0.3, -0.25) is 9.59 Å². The van der Waals surface area contributed by atoms with Gasteiger partial charge in [-0.15, -0.1) is 11.3 Å². The molecule has 1 fully saturated rings. The van der Waals surface area contributed by atoms with Crippen molar-refractivity contribution in [3.63, 3.8) is 0 Å². The third-order valence-corrected chi connectivity index (χ3v) is 4.82. The molecule has 1 aliphatic rings. The number of para-hydroxylation sites is 1. The zero-order valence-electron chi connectivity index (χ0n) is 13.9. The van der Waals surface area contributed by atoms with Crippen LogP contribution in [0.3, 0.4) is 0 Å². The summed E-state index contributed by atoms with van der Waals surface area (Å²) in [5.41, 5.74) is 0. The van der Waals surface area contributed by atoms with E-state index in [-0.39, 0.29) is 17.7 Å². The van der Waals surface area contributed by atoms with Gasteiger partial charge >= 0.3 is 0 Å². The van der Waals surface area contributed by atoms with E-state index in [2.05, 4.69) is 10.3 Å². The number of rotatable bonds is 6. The molecule has 1 aromatic heterocycles. The van der Waals surface area contributed by atoms with Crippen molar-refractivity contribution in [1.82, 2.24) is 9.88 Å². The smallest absolute Gasteiger partial charge is 0.231 e. The molecule has 2 amide bonds. The van der Waals surface area contributed by atoms with Gasteiger partial charge in [0, 0.05) is 24.7 Å². The highest BCUT2D eigenvalue weighted by atomic mass is 32.1. The third kappa shape index (κ3) is 5.03. The Hall–Kier alpha value is -2.41. The van der Waals surface area contributed by atoms with E-state index in [1.165, 1.54) is 11.3 Å². The molecule has 1 aliphatic heterocycles. The van der Waals surface area contributed by atoms with Gasteiger partial charge in [0.1, 0.15) is 5.75 Å². The molecule has 25 heavy (non-hydrogen) atoms. The minimum atomic E-state index is -0.184. The molecule has 1 atom stereocenters. The number of piperidine rings is 1. The van der Waals surface area contributed by atoms with Crippen LogP contribution >= 0.6 is 11.3 Å². The fourth-order valence-corrected chi connectivity index (χ4v) is 3.37. The number of aromatic nitrogens is 1. The van der Waals surface area contributed by atoms with Crippen molar-refractivity contribution in [2.75, 3.05) is 25.0 Å². The van der Waals surface area contributed by atoms with Gasteiger partial charge in [-0.1, -0.05) is 18.2 Å². The Morgan fingerprint density at radius 3 is 2.92 bits per heavy atom. The second kappa shape index (κ2) is 8.62. The number of carbonyl (C=O) groups is 2. The molecule has 2 aromatic rings. The summed E-state index contributed by atoms with van der Waals surface area (Å²) in [5.74, 6) is 0.543.